The van der Waals surface area contributed by atoms with Crippen LogP contribution in [0, 0.1) is 0 Å². The summed E-state index contributed by atoms with van der Waals surface area (Å²) in [6.45, 7) is 2.28. The van der Waals surface area contributed by atoms with Gasteiger partial charge in [0.15, 0.2) is 5.78 Å². The van der Waals surface area contributed by atoms with Crippen LogP contribution in [0.15, 0.2) is 11.6 Å². The zero-order chi connectivity index (χ0) is 16.3. The van der Waals surface area contributed by atoms with E-state index in [1.165, 1.54) is 102 Å². The van der Waals surface area contributed by atoms with Crippen molar-refractivity contribution in [2.45, 2.75) is 110 Å². The Kier molecular flexibility index (Phi) is 18.5. The molecule has 0 atom stereocenters. The number of carbonyl (C=O) groups is 1. The third-order valence-corrected chi connectivity index (χ3v) is 4.40. The van der Waals surface area contributed by atoms with Gasteiger partial charge in [0.25, 0.3) is 0 Å². The van der Waals surface area contributed by atoms with Crippen molar-refractivity contribution in [3.63, 3.8) is 0 Å². The molecule has 0 aliphatic heterocycles. The molecule has 0 bridgehead atoms. The molecule has 0 amide bonds. The maximum absolute atomic E-state index is 11.2. The number of hydrogen-bond donors (Lipinski definition) is 0. The molecule has 0 aliphatic rings. The molecular weight excluding hydrogens is 292 g/mol. The summed E-state index contributed by atoms with van der Waals surface area (Å²) in [6, 6.07) is 0. The van der Waals surface area contributed by atoms with Crippen molar-refractivity contribution in [2.75, 3.05) is 0 Å². The van der Waals surface area contributed by atoms with Gasteiger partial charge in [0.05, 0.1) is 0 Å². The molecule has 0 spiro atoms. The molecule has 0 saturated heterocycles. The van der Waals surface area contributed by atoms with Gasteiger partial charge < -0.3 is 0 Å². The average molecular weight is 329 g/mol. The quantitative estimate of drug-likeness (QED) is 0.199. The van der Waals surface area contributed by atoms with E-state index in [9.17, 15) is 4.79 Å². The largest absolute Gasteiger partial charge is 0.295 e. The van der Waals surface area contributed by atoms with E-state index in [2.05, 4.69) is 6.92 Å². The van der Waals surface area contributed by atoms with Crippen molar-refractivity contribution < 1.29 is 4.79 Å². The Labute approximate surface area is 143 Å². The van der Waals surface area contributed by atoms with Gasteiger partial charge in [-0.2, -0.15) is 0 Å². The van der Waals surface area contributed by atoms with Crippen LogP contribution in [0.25, 0.3) is 0 Å². The average Bonchev–Trinajstić information content (AvgIpc) is 2.51. The first-order valence-corrected chi connectivity index (χ1v) is 10.0. The molecule has 2 heteroatoms. The van der Waals surface area contributed by atoms with Crippen LogP contribution in [0.1, 0.15) is 110 Å². The summed E-state index contributed by atoms with van der Waals surface area (Å²) in [7, 11) is 0. The molecule has 0 aromatic carbocycles. The van der Waals surface area contributed by atoms with Gasteiger partial charge in [0.1, 0.15) is 0 Å². The number of allylic oxidation sites excluding steroid dienone is 1. The topological polar surface area (TPSA) is 17.1 Å². The first kappa shape index (κ1) is 21.7. The van der Waals surface area contributed by atoms with Crippen LogP contribution in [-0.2, 0) is 4.79 Å². The minimum absolute atomic E-state index is 0.157. The molecule has 130 valence electrons. The highest BCUT2D eigenvalue weighted by Gasteiger charge is 1.97. The van der Waals surface area contributed by atoms with E-state index in [-0.39, 0.29) is 5.78 Å². The second kappa shape index (κ2) is 18.7. The summed E-state index contributed by atoms with van der Waals surface area (Å²) in [5.74, 6) is 0.157. The lowest BCUT2D eigenvalue weighted by Gasteiger charge is -2.03. The Bertz CT molecular complexity index is 260. The number of hydrogen-bond acceptors (Lipinski definition) is 1. The number of rotatable bonds is 17. The van der Waals surface area contributed by atoms with Gasteiger partial charge >= 0.3 is 0 Å². The van der Waals surface area contributed by atoms with Gasteiger partial charge in [-0.3, -0.25) is 4.79 Å². The van der Waals surface area contributed by atoms with Crippen molar-refractivity contribution in [1.82, 2.24) is 0 Å². The minimum atomic E-state index is 0.157. The van der Waals surface area contributed by atoms with Crippen LogP contribution >= 0.6 is 11.6 Å². The van der Waals surface area contributed by atoms with E-state index in [1.807, 2.05) is 0 Å². The highest BCUT2D eigenvalue weighted by molar-refractivity contribution is 6.26. The highest BCUT2D eigenvalue weighted by Crippen LogP contribution is 2.13. The SMILES string of the molecule is CCCCCCCCCCCCCCCCCC(=O)C=CCl. The summed E-state index contributed by atoms with van der Waals surface area (Å²) in [4.78, 5) is 11.2. The molecule has 0 unspecified atom stereocenters. The number of carbonyl (C=O) groups excluding carboxylic acids is 1. The molecule has 0 saturated carbocycles. The first-order chi connectivity index (χ1) is 10.8. The van der Waals surface area contributed by atoms with Crippen LogP contribution < -0.4 is 0 Å². The summed E-state index contributed by atoms with van der Waals surface area (Å²) in [5.41, 5.74) is 1.31. The highest BCUT2D eigenvalue weighted by atomic mass is 35.5. The van der Waals surface area contributed by atoms with Crippen molar-refractivity contribution in [3.8, 4) is 0 Å². The Morgan fingerprint density at radius 3 is 1.41 bits per heavy atom. The number of unbranched alkanes of at least 4 members (excludes halogenated alkanes) is 14. The Morgan fingerprint density at radius 1 is 0.682 bits per heavy atom. The van der Waals surface area contributed by atoms with Gasteiger partial charge in [-0.15, -0.1) is 0 Å². The smallest absolute Gasteiger partial charge is 0.156 e. The molecule has 0 rings (SSSR count). The van der Waals surface area contributed by atoms with Gasteiger partial charge in [-0.1, -0.05) is 108 Å². The molecule has 0 aliphatic carbocycles. The third kappa shape index (κ3) is 17.8. The fraction of sp³-hybridized carbons (Fsp3) is 0.850. The van der Waals surface area contributed by atoms with E-state index in [4.69, 9.17) is 11.6 Å². The fourth-order valence-electron chi connectivity index (χ4n) is 2.82. The molecule has 22 heavy (non-hydrogen) atoms. The fourth-order valence-corrected chi connectivity index (χ4v) is 2.96. The van der Waals surface area contributed by atoms with Crippen LogP contribution in [0.2, 0.25) is 0 Å². The molecule has 1 nitrogen and oxygen atoms in total. The lowest BCUT2D eigenvalue weighted by atomic mass is 10.0. The zero-order valence-corrected chi connectivity index (χ0v) is 15.5. The minimum Gasteiger partial charge on any atom is -0.295 e. The maximum Gasteiger partial charge on any atom is 0.156 e. The van der Waals surface area contributed by atoms with Gasteiger partial charge in [0.2, 0.25) is 0 Å². The molecule has 0 aromatic rings. The Balaban J connectivity index is 3.04. The molecule has 0 heterocycles. The predicted molar refractivity (Wildman–Crippen MR) is 99.5 cm³/mol. The van der Waals surface area contributed by atoms with Crippen molar-refractivity contribution in [1.29, 1.82) is 0 Å². The lowest BCUT2D eigenvalue weighted by molar-refractivity contribution is -0.114. The maximum atomic E-state index is 11.2. The van der Waals surface area contributed by atoms with Gasteiger partial charge in [0, 0.05) is 12.0 Å². The standard InChI is InChI=1S/C20H37ClO/c1-2-3-4-5-6-7-8-9-10-11-12-13-14-15-16-17-20(22)18-19-21/h18-19H,2-17H2,1H3. The number of ketones is 1. The summed E-state index contributed by atoms with van der Waals surface area (Å²) in [6.07, 6.45) is 22.5. The molecule has 0 N–H and O–H groups in total. The van der Waals surface area contributed by atoms with Crippen molar-refractivity contribution in [2.24, 2.45) is 0 Å². The molecule has 0 radical (unpaired) electrons. The summed E-state index contributed by atoms with van der Waals surface area (Å²) in [5, 5.41) is 0. The second-order valence-electron chi connectivity index (χ2n) is 6.46. The van der Waals surface area contributed by atoms with Crippen LogP contribution in [-0.4, -0.2) is 5.78 Å². The Hall–Kier alpha value is -0.300. The summed E-state index contributed by atoms with van der Waals surface area (Å²) >= 11 is 5.37. The molecule has 0 fully saturated rings. The van der Waals surface area contributed by atoms with E-state index in [0.29, 0.717) is 6.42 Å². The Morgan fingerprint density at radius 2 is 1.05 bits per heavy atom. The van der Waals surface area contributed by atoms with Crippen molar-refractivity contribution in [3.05, 3.63) is 11.6 Å². The van der Waals surface area contributed by atoms with E-state index in [1.54, 1.807) is 0 Å². The van der Waals surface area contributed by atoms with E-state index >= 15 is 0 Å². The van der Waals surface area contributed by atoms with Crippen LogP contribution in [0.5, 0.6) is 0 Å². The molecular formula is C20H37ClO. The van der Waals surface area contributed by atoms with Gasteiger partial charge in [-0.25, -0.2) is 0 Å². The third-order valence-electron chi connectivity index (χ3n) is 4.28. The second-order valence-corrected chi connectivity index (χ2v) is 6.71. The lowest BCUT2D eigenvalue weighted by Crippen LogP contribution is -1.91. The van der Waals surface area contributed by atoms with Gasteiger partial charge in [-0.05, 0) is 12.5 Å². The van der Waals surface area contributed by atoms with Crippen LogP contribution in [0.3, 0.4) is 0 Å². The summed E-state index contributed by atoms with van der Waals surface area (Å²) < 4.78 is 0. The molecule has 0 aromatic heterocycles. The van der Waals surface area contributed by atoms with E-state index < -0.39 is 0 Å². The van der Waals surface area contributed by atoms with Crippen molar-refractivity contribution >= 4 is 17.4 Å². The number of halogens is 1. The zero-order valence-electron chi connectivity index (χ0n) is 14.8. The van der Waals surface area contributed by atoms with Crippen LogP contribution in [0.4, 0.5) is 0 Å². The first-order valence-electron chi connectivity index (χ1n) is 9.61. The normalized spacial score (nSPS) is 11.4. The van der Waals surface area contributed by atoms with E-state index in [0.717, 1.165) is 6.42 Å². The predicted octanol–water partition coefficient (Wildman–Crippen LogP) is 7.57. The monoisotopic (exact) mass is 328 g/mol.